The zero-order valence-electron chi connectivity index (χ0n) is 9.58. The van der Waals surface area contributed by atoms with Crippen LogP contribution >= 0.6 is 0 Å². The summed E-state index contributed by atoms with van der Waals surface area (Å²) in [6.07, 6.45) is 0. The van der Waals surface area contributed by atoms with Crippen molar-refractivity contribution in [3.05, 3.63) is 35.4 Å². The van der Waals surface area contributed by atoms with E-state index in [-0.39, 0.29) is 12.0 Å². The maximum Gasteiger partial charge on any atom is 0.159 e. The molecule has 1 aromatic carbocycles. The predicted molar refractivity (Wildman–Crippen MR) is 60.7 cm³/mol. The van der Waals surface area contributed by atoms with E-state index in [0.717, 1.165) is 12.1 Å². The Bertz CT molecular complexity index is 353. The summed E-state index contributed by atoms with van der Waals surface area (Å²) < 4.78 is 25.8. The van der Waals surface area contributed by atoms with Crippen molar-refractivity contribution in [1.82, 2.24) is 0 Å². The topological polar surface area (TPSA) is 52.0 Å². The standard InChI is InChI=1S/C12H18F2N2/c1-7(2)9(6-15)12(16)8-3-4-10(13)11(14)5-8/h3-5,7,9,12H,6,15-16H2,1-2H3. The molecule has 0 aliphatic heterocycles. The molecule has 0 saturated heterocycles. The molecule has 0 spiro atoms. The predicted octanol–water partition coefficient (Wildman–Crippen LogP) is 2.20. The van der Waals surface area contributed by atoms with E-state index in [2.05, 4.69) is 0 Å². The Balaban J connectivity index is 2.94. The first-order valence-electron chi connectivity index (χ1n) is 5.38. The Labute approximate surface area is 94.6 Å². The van der Waals surface area contributed by atoms with E-state index in [1.54, 1.807) is 0 Å². The minimum atomic E-state index is -0.868. The maximum atomic E-state index is 13.0. The van der Waals surface area contributed by atoms with Crippen LogP contribution in [0.2, 0.25) is 0 Å². The summed E-state index contributed by atoms with van der Waals surface area (Å²) in [5, 5.41) is 0. The molecule has 2 unspecified atom stereocenters. The number of rotatable bonds is 4. The van der Waals surface area contributed by atoms with Gasteiger partial charge in [-0.25, -0.2) is 8.78 Å². The van der Waals surface area contributed by atoms with Crippen molar-refractivity contribution < 1.29 is 8.78 Å². The zero-order chi connectivity index (χ0) is 12.3. The Hall–Kier alpha value is -1.00. The monoisotopic (exact) mass is 228 g/mol. The summed E-state index contributed by atoms with van der Waals surface area (Å²) in [6, 6.07) is 3.39. The largest absolute Gasteiger partial charge is 0.330 e. The highest BCUT2D eigenvalue weighted by molar-refractivity contribution is 5.21. The quantitative estimate of drug-likeness (QED) is 0.830. The van der Waals surface area contributed by atoms with Crippen LogP contribution in [0.15, 0.2) is 18.2 Å². The number of nitrogens with two attached hydrogens (primary N) is 2. The SMILES string of the molecule is CC(C)C(CN)C(N)c1ccc(F)c(F)c1. The van der Waals surface area contributed by atoms with Crippen LogP contribution in [0.3, 0.4) is 0 Å². The summed E-state index contributed by atoms with van der Waals surface area (Å²) in [5.74, 6) is -1.37. The van der Waals surface area contributed by atoms with Crippen LogP contribution < -0.4 is 11.5 Å². The van der Waals surface area contributed by atoms with E-state index in [1.165, 1.54) is 6.07 Å². The molecule has 90 valence electrons. The minimum Gasteiger partial charge on any atom is -0.330 e. The van der Waals surface area contributed by atoms with Crippen LogP contribution in [0.25, 0.3) is 0 Å². The van der Waals surface area contributed by atoms with Crippen molar-refractivity contribution in [1.29, 1.82) is 0 Å². The molecule has 2 atom stereocenters. The molecule has 4 heteroatoms. The highest BCUT2D eigenvalue weighted by Gasteiger charge is 2.22. The molecule has 0 fully saturated rings. The third kappa shape index (κ3) is 2.77. The highest BCUT2D eigenvalue weighted by atomic mass is 19.2. The second-order valence-electron chi connectivity index (χ2n) is 4.34. The lowest BCUT2D eigenvalue weighted by Crippen LogP contribution is -2.31. The van der Waals surface area contributed by atoms with Crippen LogP contribution in [0, 0.1) is 23.5 Å². The van der Waals surface area contributed by atoms with Gasteiger partial charge >= 0.3 is 0 Å². The fourth-order valence-electron chi connectivity index (χ4n) is 1.80. The number of halogens is 2. The van der Waals surface area contributed by atoms with Gasteiger partial charge in [0.25, 0.3) is 0 Å². The van der Waals surface area contributed by atoms with Gasteiger partial charge in [-0.1, -0.05) is 19.9 Å². The van der Waals surface area contributed by atoms with Crippen molar-refractivity contribution in [3.8, 4) is 0 Å². The van der Waals surface area contributed by atoms with E-state index >= 15 is 0 Å². The molecule has 0 saturated carbocycles. The fraction of sp³-hybridized carbons (Fsp3) is 0.500. The van der Waals surface area contributed by atoms with Gasteiger partial charge in [0.05, 0.1) is 0 Å². The zero-order valence-corrected chi connectivity index (χ0v) is 9.58. The van der Waals surface area contributed by atoms with Crippen LogP contribution in [0.5, 0.6) is 0 Å². The van der Waals surface area contributed by atoms with Gasteiger partial charge in [-0.3, -0.25) is 0 Å². The summed E-state index contributed by atoms with van der Waals surface area (Å²) in [4.78, 5) is 0. The fourth-order valence-corrected chi connectivity index (χ4v) is 1.80. The molecule has 0 amide bonds. The van der Waals surface area contributed by atoms with E-state index in [1.807, 2.05) is 13.8 Å². The molecule has 16 heavy (non-hydrogen) atoms. The molecule has 2 nitrogen and oxygen atoms in total. The average Bonchev–Trinajstić information content (AvgIpc) is 2.22. The van der Waals surface area contributed by atoms with Crippen LogP contribution in [0.1, 0.15) is 25.5 Å². The third-order valence-corrected chi connectivity index (χ3v) is 2.92. The van der Waals surface area contributed by atoms with Gasteiger partial charge in [-0.15, -0.1) is 0 Å². The van der Waals surface area contributed by atoms with Crippen molar-refractivity contribution in [3.63, 3.8) is 0 Å². The first-order valence-corrected chi connectivity index (χ1v) is 5.38. The normalized spacial score (nSPS) is 15.2. The molecule has 4 N–H and O–H groups in total. The van der Waals surface area contributed by atoms with E-state index in [4.69, 9.17) is 11.5 Å². The Kier molecular flexibility index (Phi) is 4.38. The second-order valence-corrected chi connectivity index (χ2v) is 4.34. The Morgan fingerprint density at radius 1 is 1.19 bits per heavy atom. The molecule has 1 rings (SSSR count). The number of hydrogen-bond acceptors (Lipinski definition) is 2. The van der Waals surface area contributed by atoms with Gasteiger partial charge in [0, 0.05) is 6.04 Å². The van der Waals surface area contributed by atoms with Crippen molar-refractivity contribution in [2.45, 2.75) is 19.9 Å². The van der Waals surface area contributed by atoms with Crippen molar-refractivity contribution in [2.75, 3.05) is 6.54 Å². The van der Waals surface area contributed by atoms with Crippen molar-refractivity contribution in [2.24, 2.45) is 23.3 Å². The molecule has 1 aromatic rings. The van der Waals surface area contributed by atoms with E-state index in [0.29, 0.717) is 18.0 Å². The van der Waals surface area contributed by atoms with Gasteiger partial charge in [-0.05, 0) is 36.1 Å². The molecular weight excluding hydrogens is 210 g/mol. The second kappa shape index (κ2) is 5.37. The maximum absolute atomic E-state index is 13.0. The van der Waals surface area contributed by atoms with Gasteiger partial charge in [-0.2, -0.15) is 0 Å². The smallest absolute Gasteiger partial charge is 0.159 e. The summed E-state index contributed by atoms with van der Waals surface area (Å²) >= 11 is 0. The Morgan fingerprint density at radius 2 is 1.81 bits per heavy atom. The summed E-state index contributed by atoms with van der Waals surface area (Å²) in [7, 11) is 0. The Morgan fingerprint density at radius 3 is 2.25 bits per heavy atom. The van der Waals surface area contributed by atoms with Gasteiger partial charge in [0.1, 0.15) is 0 Å². The molecule has 0 heterocycles. The average molecular weight is 228 g/mol. The third-order valence-electron chi connectivity index (χ3n) is 2.92. The molecular formula is C12H18F2N2. The van der Waals surface area contributed by atoms with Gasteiger partial charge < -0.3 is 11.5 Å². The lowest BCUT2D eigenvalue weighted by molar-refractivity contribution is 0.330. The lowest BCUT2D eigenvalue weighted by atomic mass is 9.85. The molecule has 0 aromatic heterocycles. The molecule has 0 aliphatic carbocycles. The first kappa shape index (κ1) is 13.1. The highest BCUT2D eigenvalue weighted by Crippen LogP contribution is 2.26. The van der Waals surface area contributed by atoms with Gasteiger partial charge in [0.2, 0.25) is 0 Å². The number of benzene rings is 1. The lowest BCUT2D eigenvalue weighted by Gasteiger charge is -2.26. The molecule has 0 radical (unpaired) electrons. The van der Waals surface area contributed by atoms with E-state index in [9.17, 15) is 8.78 Å². The van der Waals surface area contributed by atoms with Crippen molar-refractivity contribution >= 4 is 0 Å². The molecule has 0 bridgehead atoms. The van der Waals surface area contributed by atoms with Gasteiger partial charge in [0.15, 0.2) is 11.6 Å². The van der Waals surface area contributed by atoms with Crippen LogP contribution in [-0.2, 0) is 0 Å². The first-order chi connectivity index (χ1) is 7.47. The molecule has 0 aliphatic rings. The van der Waals surface area contributed by atoms with Crippen LogP contribution in [0.4, 0.5) is 8.78 Å². The number of hydrogen-bond donors (Lipinski definition) is 2. The minimum absolute atomic E-state index is 0.0601. The van der Waals surface area contributed by atoms with Crippen LogP contribution in [-0.4, -0.2) is 6.54 Å². The van der Waals surface area contributed by atoms with E-state index < -0.39 is 11.6 Å². The summed E-state index contributed by atoms with van der Waals surface area (Å²) in [6.45, 7) is 4.45. The summed E-state index contributed by atoms with van der Waals surface area (Å²) in [5.41, 5.74) is 12.2.